The molecule has 0 radical (unpaired) electrons. The van der Waals surface area contributed by atoms with Gasteiger partial charge in [0.25, 0.3) is 0 Å². The molecule has 0 unspecified atom stereocenters. The Kier molecular flexibility index (Phi) is 5.37. The number of carbonyl (C=O) groups is 1. The summed E-state index contributed by atoms with van der Waals surface area (Å²) >= 11 is 6.06. The number of urea groups is 1. The molecular weight excluding hydrogens is 322 g/mol. The fraction of sp³-hybridized carbons (Fsp3) is 0.133. The summed E-state index contributed by atoms with van der Waals surface area (Å²) in [6.07, 6.45) is 0. The van der Waals surface area contributed by atoms with Gasteiger partial charge >= 0.3 is 6.03 Å². The van der Waals surface area contributed by atoms with Gasteiger partial charge in [0.2, 0.25) is 0 Å². The summed E-state index contributed by atoms with van der Waals surface area (Å²) in [5.41, 5.74) is 1.02. The standard InChI is InChI=1S/C15H14ClN3O4/c1-22-10-4-6-12(11(16)8-10)17-15(20)18-13-5-3-9(19-21)7-14(13)23-2/h3-8H,1-2H3,(H2,17,18,20). The number of nitrogens with one attached hydrogen (secondary N) is 2. The minimum Gasteiger partial charge on any atom is -0.497 e. The molecular formula is C15H14ClN3O4. The smallest absolute Gasteiger partial charge is 0.323 e. The number of rotatable bonds is 5. The summed E-state index contributed by atoms with van der Waals surface area (Å²) in [4.78, 5) is 22.6. The zero-order valence-electron chi connectivity index (χ0n) is 12.4. The van der Waals surface area contributed by atoms with E-state index in [1.807, 2.05) is 0 Å². The molecule has 7 nitrogen and oxygen atoms in total. The van der Waals surface area contributed by atoms with E-state index in [0.717, 1.165) is 0 Å². The Morgan fingerprint density at radius 1 is 1.04 bits per heavy atom. The molecule has 0 aliphatic heterocycles. The number of benzene rings is 2. The number of amides is 2. The number of carbonyl (C=O) groups excluding carboxylic acids is 1. The Morgan fingerprint density at radius 3 is 2.35 bits per heavy atom. The largest absolute Gasteiger partial charge is 0.497 e. The van der Waals surface area contributed by atoms with Crippen LogP contribution in [0.2, 0.25) is 5.02 Å². The minimum absolute atomic E-state index is 0.200. The van der Waals surface area contributed by atoms with Gasteiger partial charge in [0.1, 0.15) is 17.2 Å². The first-order chi connectivity index (χ1) is 11.1. The number of hydrogen-bond donors (Lipinski definition) is 2. The van der Waals surface area contributed by atoms with Crippen molar-refractivity contribution in [1.82, 2.24) is 0 Å². The molecule has 0 fully saturated rings. The first kappa shape index (κ1) is 16.6. The summed E-state index contributed by atoms with van der Waals surface area (Å²) in [5, 5.41) is 8.37. The van der Waals surface area contributed by atoms with Crippen LogP contribution >= 0.6 is 11.6 Å². The van der Waals surface area contributed by atoms with Gasteiger partial charge < -0.3 is 20.1 Å². The van der Waals surface area contributed by atoms with Crippen LogP contribution in [-0.4, -0.2) is 20.3 Å². The maximum absolute atomic E-state index is 12.1. The fourth-order valence-corrected chi connectivity index (χ4v) is 2.06. The van der Waals surface area contributed by atoms with Gasteiger partial charge in [-0.3, -0.25) is 0 Å². The number of nitroso groups, excluding NO2 is 1. The number of nitrogens with zero attached hydrogens (tertiary/aromatic N) is 1. The highest BCUT2D eigenvalue weighted by atomic mass is 35.5. The molecule has 2 aromatic carbocycles. The average molecular weight is 336 g/mol. The van der Waals surface area contributed by atoms with Crippen molar-refractivity contribution < 1.29 is 14.3 Å². The van der Waals surface area contributed by atoms with Gasteiger partial charge in [-0.25, -0.2) is 4.79 Å². The Labute approximate surface area is 137 Å². The molecule has 0 saturated heterocycles. The van der Waals surface area contributed by atoms with E-state index >= 15 is 0 Å². The highest BCUT2D eigenvalue weighted by molar-refractivity contribution is 6.34. The van der Waals surface area contributed by atoms with Gasteiger partial charge in [-0.15, -0.1) is 4.91 Å². The molecule has 0 atom stereocenters. The first-order valence-corrected chi connectivity index (χ1v) is 6.88. The lowest BCUT2D eigenvalue weighted by molar-refractivity contribution is 0.262. The molecule has 2 N–H and O–H groups in total. The molecule has 0 aliphatic rings. The lowest BCUT2D eigenvalue weighted by Gasteiger charge is -2.12. The molecule has 0 aliphatic carbocycles. The molecule has 2 amide bonds. The molecule has 0 heterocycles. The normalized spacial score (nSPS) is 9.87. The molecule has 2 rings (SSSR count). The molecule has 0 aromatic heterocycles. The van der Waals surface area contributed by atoms with Gasteiger partial charge in [0.15, 0.2) is 0 Å². The van der Waals surface area contributed by atoms with Crippen LogP contribution in [0, 0.1) is 4.91 Å². The number of methoxy groups -OCH3 is 2. The van der Waals surface area contributed by atoms with E-state index in [2.05, 4.69) is 15.8 Å². The molecule has 23 heavy (non-hydrogen) atoms. The van der Waals surface area contributed by atoms with Crippen molar-refractivity contribution in [1.29, 1.82) is 0 Å². The second kappa shape index (κ2) is 7.46. The second-order valence-electron chi connectivity index (χ2n) is 4.40. The Balaban J connectivity index is 2.12. The van der Waals surface area contributed by atoms with Crippen molar-refractivity contribution in [3.63, 3.8) is 0 Å². The van der Waals surface area contributed by atoms with Crippen LogP contribution in [0.3, 0.4) is 0 Å². The SMILES string of the molecule is COc1ccc(NC(=O)Nc2ccc(N=O)cc2OC)c(Cl)c1. The van der Waals surface area contributed by atoms with Gasteiger partial charge in [-0.1, -0.05) is 11.6 Å². The minimum atomic E-state index is -0.512. The van der Waals surface area contributed by atoms with Crippen LogP contribution in [0.4, 0.5) is 21.9 Å². The highest BCUT2D eigenvalue weighted by Gasteiger charge is 2.11. The Morgan fingerprint density at radius 2 is 1.74 bits per heavy atom. The van der Waals surface area contributed by atoms with E-state index in [-0.39, 0.29) is 5.69 Å². The number of ether oxygens (including phenoxy) is 2. The van der Waals surface area contributed by atoms with Crippen LogP contribution in [0.1, 0.15) is 0 Å². The monoisotopic (exact) mass is 335 g/mol. The lowest BCUT2D eigenvalue weighted by atomic mass is 10.2. The maximum atomic E-state index is 12.1. The Hall–Kier alpha value is -2.80. The van der Waals surface area contributed by atoms with Crippen molar-refractivity contribution in [3.8, 4) is 11.5 Å². The third-order valence-electron chi connectivity index (χ3n) is 2.96. The van der Waals surface area contributed by atoms with Crippen molar-refractivity contribution in [3.05, 3.63) is 46.3 Å². The molecule has 120 valence electrons. The van der Waals surface area contributed by atoms with E-state index in [1.165, 1.54) is 32.4 Å². The zero-order chi connectivity index (χ0) is 16.8. The third-order valence-corrected chi connectivity index (χ3v) is 3.28. The highest BCUT2D eigenvalue weighted by Crippen LogP contribution is 2.30. The lowest BCUT2D eigenvalue weighted by Crippen LogP contribution is -2.20. The van der Waals surface area contributed by atoms with Crippen molar-refractivity contribution >= 4 is 34.7 Å². The van der Waals surface area contributed by atoms with Crippen LogP contribution < -0.4 is 20.1 Å². The van der Waals surface area contributed by atoms with Crippen molar-refractivity contribution in [2.45, 2.75) is 0 Å². The van der Waals surface area contributed by atoms with Crippen LogP contribution in [0.15, 0.2) is 41.6 Å². The van der Waals surface area contributed by atoms with Crippen LogP contribution in [0.25, 0.3) is 0 Å². The summed E-state index contributed by atoms with van der Waals surface area (Å²) < 4.78 is 10.1. The molecule has 0 spiro atoms. The van der Waals surface area contributed by atoms with Gasteiger partial charge in [-0.05, 0) is 29.4 Å². The average Bonchev–Trinajstić information content (AvgIpc) is 2.57. The van der Waals surface area contributed by atoms with E-state index < -0.39 is 6.03 Å². The fourth-order valence-electron chi connectivity index (χ4n) is 1.84. The second-order valence-corrected chi connectivity index (χ2v) is 4.81. The van der Waals surface area contributed by atoms with E-state index in [4.69, 9.17) is 21.1 Å². The molecule has 0 bridgehead atoms. The summed E-state index contributed by atoms with van der Waals surface area (Å²) in [7, 11) is 2.95. The summed E-state index contributed by atoms with van der Waals surface area (Å²) in [6.45, 7) is 0. The van der Waals surface area contributed by atoms with Crippen LogP contribution in [-0.2, 0) is 0 Å². The summed E-state index contributed by atoms with van der Waals surface area (Å²) in [5.74, 6) is 0.901. The predicted molar refractivity (Wildman–Crippen MR) is 89.1 cm³/mol. The molecule has 2 aromatic rings. The van der Waals surface area contributed by atoms with Gasteiger partial charge in [0, 0.05) is 12.1 Å². The zero-order valence-corrected chi connectivity index (χ0v) is 13.2. The van der Waals surface area contributed by atoms with E-state index in [0.29, 0.717) is 27.9 Å². The number of hydrogen-bond acceptors (Lipinski definition) is 5. The topological polar surface area (TPSA) is 89.0 Å². The van der Waals surface area contributed by atoms with E-state index in [1.54, 1.807) is 18.2 Å². The van der Waals surface area contributed by atoms with Crippen molar-refractivity contribution in [2.75, 3.05) is 24.9 Å². The van der Waals surface area contributed by atoms with E-state index in [9.17, 15) is 9.70 Å². The van der Waals surface area contributed by atoms with Crippen LogP contribution in [0.5, 0.6) is 11.5 Å². The summed E-state index contributed by atoms with van der Waals surface area (Å²) in [6, 6.07) is 8.77. The maximum Gasteiger partial charge on any atom is 0.323 e. The number of halogens is 1. The van der Waals surface area contributed by atoms with Crippen molar-refractivity contribution in [2.24, 2.45) is 5.18 Å². The quantitative estimate of drug-likeness (QED) is 0.792. The molecule has 8 heteroatoms. The molecule has 0 saturated carbocycles. The Bertz CT molecular complexity index is 737. The third kappa shape index (κ3) is 4.10. The first-order valence-electron chi connectivity index (χ1n) is 6.50. The number of anilines is 2. The predicted octanol–water partition coefficient (Wildman–Crippen LogP) is 4.40. The van der Waals surface area contributed by atoms with Gasteiger partial charge in [0.05, 0.1) is 30.6 Å². The van der Waals surface area contributed by atoms with Gasteiger partial charge in [-0.2, -0.15) is 0 Å².